The highest BCUT2D eigenvalue weighted by molar-refractivity contribution is 7.89. The minimum atomic E-state index is -3.57. The zero-order chi connectivity index (χ0) is 18.4. The van der Waals surface area contributed by atoms with E-state index in [1.54, 1.807) is 11.7 Å². The van der Waals surface area contributed by atoms with E-state index in [4.69, 9.17) is 0 Å². The first-order chi connectivity index (χ1) is 11.0. The molecule has 24 heavy (non-hydrogen) atoms. The van der Waals surface area contributed by atoms with Crippen LogP contribution in [0.25, 0.3) is 0 Å². The third-order valence-electron chi connectivity index (χ3n) is 5.01. The summed E-state index contributed by atoms with van der Waals surface area (Å²) in [6.07, 6.45) is 0. The first-order valence-electron chi connectivity index (χ1n) is 8.01. The molecule has 0 atom stereocenters. The van der Waals surface area contributed by atoms with Crippen LogP contribution in [0, 0.1) is 41.5 Å². The highest BCUT2D eigenvalue weighted by Gasteiger charge is 2.28. The van der Waals surface area contributed by atoms with Crippen LogP contribution in [-0.2, 0) is 23.6 Å². The Kier molecular flexibility index (Phi) is 4.93. The second-order valence-electron chi connectivity index (χ2n) is 6.62. The third-order valence-corrected chi connectivity index (χ3v) is 7.08. The number of nitrogens with zero attached hydrogens (tertiary/aromatic N) is 3. The summed E-state index contributed by atoms with van der Waals surface area (Å²) in [4.78, 5) is 0.432. The zero-order valence-corrected chi connectivity index (χ0v) is 16.7. The van der Waals surface area contributed by atoms with Crippen molar-refractivity contribution in [2.75, 3.05) is 7.05 Å². The van der Waals surface area contributed by atoms with Gasteiger partial charge in [0, 0.05) is 31.9 Å². The number of hydrogen-bond donors (Lipinski definition) is 0. The van der Waals surface area contributed by atoms with Gasteiger partial charge in [0.05, 0.1) is 10.6 Å². The van der Waals surface area contributed by atoms with Crippen LogP contribution in [0.5, 0.6) is 0 Å². The summed E-state index contributed by atoms with van der Waals surface area (Å²) in [5.41, 5.74) is 6.46. The minimum Gasteiger partial charge on any atom is -0.272 e. The van der Waals surface area contributed by atoms with E-state index >= 15 is 0 Å². The van der Waals surface area contributed by atoms with Crippen molar-refractivity contribution in [2.24, 2.45) is 7.05 Å². The summed E-state index contributed by atoms with van der Waals surface area (Å²) < 4.78 is 29.6. The molecule has 0 unspecified atom stereocenters. The molecule has 1 aromatic heterocycles. The lowest BCUT2D eigenvalue weighted by atomic mass is 10.0. The van der Waals surface area contributed by atoms with Crippen molar-refractivity contribution < 1.29 is 8.42 Å². The van der Waals surface area contributed by atoms with Gasteiger partial charge in [-0.2, -0.15) is 9.40 Å². The average molecular weight is 350 g/mol. The number of benzene rings is 1. The Morgan fingerprint density at radius 3 is 1.96 bits per heavy atom. The van der Waals surface area contributed by atoms with Crippen LogP contribution in [0.4, 0.5) is 0 Å². The molecule has 0 spiro atoms. The zero-order valence-electron chi connectivity index (χ0n) is 15.9. The average Bonchev–Trinajstić information content (AvgIpc) is 2.71. The standard InChI is InChI=1S/C18H27N3O2S/c1-11-9-12(2)14(4)18(13(11)3)24(22,23)20(7)10-17-15(5)19-21(8)16(17)6/h9H,10H2,1-8H3. The van der Waals surface area contributed by atoms with E-state index in [9.17, 15) is 8.42 Å². The number of sulfonamides is 1. The van der Waals surface area contributed by atoms with Crippen molar-refractivity contribution in [3.63, 3.8) is 0 Å². The van der Waals surface area contributed by atoms with E-state index in [-0.39, 0.29) is 0 Å². The smallest absolute Gasteiger partial charge is 0.243 e. The fourth-order valence-corrected chi connectivity index (χ4v) is 4.78. The van der Waals surface area contributed by atoms with Crippen LogP contribution in [0.15, 0.2) is 11.0 Å². The van der Waals surface area contributed by atoms with E-state index in [0.29, 0.717) is 11.4 Å². The molecule has 0 fully saturated rings. The van der Waals surface area contributed by atoms with Crippen LogP contribution in [-0.4, -0.2) is 29.6 Å². The summed E-state index contributed by atoms with van der Waals surface area (Å²) >= 11 is 0. The van der Waals surface area contributed by atoms with Crippen molar-refractivity contribution in [1.82, 2.24) is 14.1 Å². The molecule has 0 saturated carbocycles. The molecule has 0 N–H and O–H groups in total. The van der Waals surface area contributed by atoms with Gasteiger partial charge < -0.3 is 0 Å². The first kappa shape index (κ1) is 18.7. The Hall–Kier alpha value is -1.66. The largest absolute Gasteiger partial charge is 0.272 e. The highest BCUT2D eigenvalue weighted by atomic mass is 32.2. The van der Waals surface area contributed by atoms with E-state index < -0.39 is 10.0 Å². The maximum absolute atomic E-state index is 13.2. The third kappa shape index (κ3) is 3.00. The monoisotopic (exact) mass is 349 g/mol. The van der Waals surface area contributed by atoms with Gasteiger partial charge in [-0.25, -0.2) is 8.42 Å². The fraction of sp³-hybridized carbons (Fsp3) is 0.500. The van der Waals surface area contributed by atoms with Gasteiger partial charge in [-0.05, 0) is 63.8 Å². The minimum absolute atomic E-state index is 0.319. The molecule has 5 nitrogen and oxygen atoms in total. The van der Waals surface area contributed by atoms with E-state index in [1.165, 1.54) is 4.31 Å². The van der Waals surface area contributed by atoms with Gasteiger partial charge in [-0.3, -0.25) is 4.68 Å². The molecule has 0 bridgehead atoms. The van der Waals surface area contributed by atoms with Crippen LogP contribution >= 0.6 is 0 Å². The van der Waals surface area contributed by atoms with Crippen LogP contribution in [0.1, 0.15) is 39.2 Å². The maximum Gasteiger partial charge on any atom is 0.243 e. The first-order valence-corrected chi connectivity index (χ1v) is 9.45. The molecule has 0 aliphatic rings. The van der Waals surface area contributed by atoms with Gasteiger partial charge in [-0.15, -0.1) is 0 Å². The van der Waals surface area contributed by atoms with E-state index in [0.717, 1.165) is 39.2 Å². The number of hydrogen-bond acceptors (Lipinski definition) is 3. The molecule has 2 rings (SSSR count). The Labute approximate surface area is 145 Å². The lowest BCUT2D eigenvalue weighted by molar-refractivity contribution is 0.464. The Morgan fingerprint density at radius 2 is 1.54 bits per heavy atom. The summed E-state index contributed by atoms with van der Waals surface area (Å²) in [5.74, 6) is 0. The number of aryl methyl sites for hydroxylation is 4. The van der Waals surface area contributed by atoms with E-state index in [1.807, 2.05) is 54.7 Å². The van der Waals surface area contributed by atoms with Gasteiger partial charge in [0.15, 0.2) is 0 Å². The second-order valence-corrected chi connectivity index (χ2v) is 8.61. The van der Waals surface area contributed by atoms with Crippen molar-refractivity contribution in [3.8, 4) is 0 Å². The van der Waals surface area contributed by atoms with Crippen LogP contribution in [0.3, 0.4) is 0 Å². The molecular formula is C18H27N3O2S. The predicted molar refractivity (Wildman–Crippen MR) is 96.7 cm³/mol. The molecule has 0 saturated heterocycles. The maximum atomic E-state index is 13.2. The van der Waals surface area contributed by atoms with E-state index in [2.05, 4.69) is 5.10 Å². The summed E-state index contributed by atoms with van der Waals surface area (Å²) in [5, 5.41) is 4.38. The quantitative estimate of drug-likeness (QED) is 0.852. The molecule has 0 radical (unpaired) electrons. The number of aromatic nitrogens is 2. The van der Waals surface area contributed by atoms with Crippen LogP contribution in [0.2, 0.25) is 0 Å². The molecule has 1 heterocycles. The highest BCUT2D eigenvalue weighted by Crippen LogP contribution is 2.29. The SMILES string of the molecule is Cc1cc(C)c(C)c(S(=O)(=O)N(C)Cc2c(C)nn(C)c2C)c1C. The summed E-state index contributed by atoms with van der Waals surface area (Å²) in [7, 11) is -0.0613. The van der Waals surface area contributed by atoms with Gasteiger partial charge in [0.25, 0.3) is 0 Å². The summed E-state index contributed by atoms with van der Waals surface area (Å²) in [6.45, 7) is 11.9. The molecule has 6 heteroatoms. The van der Waals surface area contributed by atoms with Crippen LogP contribution < -0.4 is 0 Å². The molecule has 0 amide bonds. The van der Waals surface area contributed by atoms with Crippen molar-refractivity contribution in [3.05, 3.63) is 45.3 Å². The van der Waals surface area contributed by atoms with Crippen molar-refractivity contribution in [2.45, 2.75) is 53.0 Å². The predicted octanol–water partition coefficient (Wildman–Crippen LogP) is 3.09. The normalized spacial score (nSPS) is 12.2. The van der Waals surface area contributed by atoms with Crippen molar-refractivity contribution >= 4 is 10.0 Å². The van der Waals surface area contributed by atoms with Crippen molar-refractivity contribution in [1.29, 1.82) is 0 Å². The molecular weight excluding hydrogens is 322 g/mol. The second kappa shape index (κ2) is 6.33. The Bertz CT molecular complexity index is 869. The van der Waals surface area contributed by atoms with Gasteiger partial charge in [0.2, 0.25) is 10.0 Å². The fourth-order valence-electron chi connectivity index (χ4n) is 3.08. The molecule has 0 aliphatic carbocycles. The van der Waals surface area contributed by atoms with Gasteiger partial charge in [0.1, 0.15) is 0 Å². The van der Waals surface area contributed by atoms with Gasteiger partial charge in [-0.1, -0.05) is 6.07 Å². The number of rotatable bonds is 4. The Morgan fingerprint density at radius 1 is 1.04 bits per heavy atom. The molecule has 0 aliphatic heterocycles. The topological polar surface area (TPSA) is 55.2 Å². The molecule has 132 valence electrons. The molecule has 2 aromatic rings. The lowest BCUT2D eigenvalue weighted by Gasteiger charge is -2.22. The Balaban J connectivity index is 2.52. The van der Waals surface area contributed by atoms with Gasteiger partial charge >= 0.3 is 0 Å². The molecule has 1 aromatic carbocycles. The lowest BCUT2D eigenvalue weighted by Crippen LogP contribution is -2.28. The summed E-state index contributed by atoms with van der Waals surface area (Å²) in [6, 6.07) is 2.04.